The number of imide groups is 1. The number of amides is 3. The SMILES string of the molecule is Cc1[nH]ncc1CCCNC(=O)CCCN1C(=O)c2ccc(Br)cc2C1=O. The van der Waals surface area contributed by atoms with Gasteiger partial charge in [0.25, 0.3) is 11.8 Å². The first-order chi connectivity index (χ1) is 13.0. The minimum atomic E-state index is -0.299. The van der Waals surface area contributed by atoms with Gasteiger partial charge in [0.2, 0.25) is 5.91 Å². The molecule has 1 aromatic heterocycles. The fourth-order valence-electron chi connectivity index (χ4n) is 3.09. The molecular weight excluding hydrogens is 412 g/mol. The maximum atomic E-state index is 12.4. The third-order valence-electron chi connectivity index (χ3n) is 4.60. The van der Waals surface area contributed by atoms with Gasteiger partial charge < -0.3 is 5.32 Å². The van der Waals surface area contributed by atoms with Crippen molar-refractivity contribution in [2.75, 3.05) is 13.1 Å². The molecule has 0 atom stereocenters. The van der Waals surface area contributed by atoms with Crippen LogP contribution in [0.4, 0.5) is 0 Å². The van der Waals surface area contributed by atoms with Crippen LogP contribution in [0.5, 0.6) is 0 Å². The zero-order valence-corrected chi connectivity index (χ0v) is 16.6. The highest BCUT2D eigenvalue weighted by molar-refractivity contribution is 9.10. The second-order valence-corrected chi connectivity index (χ2v) is 7.44. The van der Waals surface area contributed by atoms with Crippen LogP contribution >= 0.6 is 15.9 Å². The molecule has 27 heavy (non-hydrogen) atoms. The van der Waals surface area contributed by atoms with Crippen LogP contribution in [0, 0.1) is 6.92 Å². The Kier molecular flexibility index (Phi) is 6.05. The van der Waals surface area contributed by atoms with Gasteiger partial charge in [-0.3, -0.25) is 24.4 Å². The molecule has 142 valence electrons. The highest BCUT2D eigenvalue weighted by Crippen LogP contribution is 2.26. The molecule has 7 nitrogen and oxygen atoms in total. The van der Waals surface area contributed by atoms with E-state index in [1.54, 1.807) is 24.4 Å². The number of carbonyl (C=O) groups is 3. The Morgan fingerprint density at radius 2 is 2.00 bits per heavy atom. The van der Waals surface area contributed by atoms with Crippen molar-refractivity contribution >= 4 is 33.7 Å². The molecule has 0 saturated heterocycles. The molecule has 0 radical (unpaired) electrons. The fourth-order valence-corrected chi connectivity index (χ4v) is 3.45. The van der Waals surface area contributed by atoms with Gasteiger partial charge >= 0.3 is 0 Å². The number of rotatable bonds is 8. The number of hydrogen-bond donors (Lipinski definition) is 2. The Bertz CT molecular complexity index is 878. The third-order valence-corrected chi connectivity index (χ3v) is 5.09. The van der Waals surface area contributed by atoms with Crippen LogP contribution in [0.2, 0.25) is 0 Å². The molecule has 2 heterocycles. The van der Waals surface area contributed by atoms with Gasteiger partial charge in [0.15, 0.2) is 0 Å². The van der Waals surface area contributed by atoms with Crippen LogP contribution in [0.15, 0.2) is 28.9 Å². The van der Waals surface area contributed by atoms with Crippen molar-refractivity contribution in [1.29, 1.82) is 0 Å². The van der Waals surface area contributed by atoms with Crippen LogP contribution in [-0.4, -0.2) is 45.9 Å². The number of aromatic nitrogens is 2. The third kappa shape index (κ3) is 4.44. The van der Waals surface area contributed by atoms with Crippen LogP contribution in [0.25, 0.3) is 0 Å². The topological polar surface area (TPSA) is 95.2 Å². The number of benzene rings is 1. The molecule has 3 rings (SSSR count). The number of fused-ring (bicyclic) bond motifs is 1. The number of H-pyrrole nitrogens is 1. The highest BCUT2D eigenvalue weighted by Gasteiger charge is 2.35. The minimum Gasteiger partial charge on any atom is -0.356 e. The van der Waals surface area contributed by atoms with E-state index in [9.17, 15) is 14.4 Å². The van der Waals surface area contributed by atoms with E-state index in [-0.39, 0.29) is 30.7 Å². The standard InChI is InChI=1S/C19H21BrN4O3/c1-12-13(11-22-23-12)4-2-8-21-17(25)5-3-9-24-18(26)15-7-6-14(20)10-16(15)19(24)27/h6-7,10-11H,2-5,8-9H2,1H3,(H,21,25)(H,22,23). The van der Waals surface area contributed by atoms with Crippen molar-refractivity contribution in [2.45, 2.75) is 32.6 Å². The second-order valence-electron chi connectivity index (χ2n) is 6.53. The number of halogens is 1. The van der Waals surface area contributed by atoms with Crippen molar-refractivity contribution in [2.24, 2.45) is 0 Å². The highest BCUT2D eigenvalue weighted by atomic mass is 79.9. The van der Waals surface area contributed by atoms with Gasteiger partial charge in [0.05, 0.1) is 17.3 Å². The maximum absolute atomic E-state index is 12.4. The normalized spacial score (nSPS) is 13.2. The molecule has 0 spiro atoms. The zero-order valence-electron chi connectivity index (χ0n) is 15.0. The largest absolute Gasteiger partial charge is 0.356 e. The number of nitrogens with zero attached hydrogens (tertiary/aromatic N) is 2. The summed E-state index contributed by atoms with van der Waals surface area (Å²) in [6, 6.07) is 5.05. The van der Waals surface area contributed by atoms with E-state index in [0.717, 1.165) is 28.6 Å². The average molecular weight is 433 g/mol. The summed E-state index contributed by atoms with van der Waals surface area (Å²) in [5.74, 6) is -0.663. The first-order valence-electron chi connectivity index (χ1n) is 8.88. The minimum absolute atomic E-state index is 0.0710. The molecule has 8 heteroatoms. The molecule has 0 fully saturated rings. The monoisotopic (exact) mass is 432 g/mol. The Hall–Kier alpha value is -2.48. The van der Waals surface area contributed by atoms with E-state index in [0.29, 0.717) is 24.1 Å². The number of hydrogen-bond acceptors (Lipinski definition) is 4. The molecule has 1 aromatic carbocycles. The molecule has 0 aliphatic carbocycles. The van der Waals surface area contributed by atoms with Gasteiger partial charge in [-0.15, -0.1) is 0 Å². The van der Waals surface area contributed by atoms with Gasteiger partial charge in [0.1, 0.15) is 0 Å². The van der Waals surface area contributed by atoms with Gasteiger partial charge in [-0.25, -0.2) is 0 Å². The van der Waals surface area contributed by atoms with Crippen molar-refractivity contribution in [3.8, 4) is 0 Å². The smallest absolute Gasteiger partial charge is 0.261 e. The van der Waals surface area contributed by atoms with Crippen molar-refractivity contribution < 1.29 is 14.4 Å². The number of carbonyl (C=O) groups excluding carboxylic acids is 3. The van der Waals surface area contributed by atoms with Gasteiger partial charge in [-0.2, -0.15) is 5.10 Å². The van der Waals surface area contributed by atoms with Crippen LogP contribution in [-0.2, 0) is 11.2 Å². The summed E-state index contributed by atoms with van der Waals surface area (Å²) in [4.78, 5) is 37.8. The molecule has 0 unspecified atom stereocenters. The summed E-state index contributed by atoms with van der Waals surface area (Å²) in [6.07, 6.45) is 4.21. The van der Waals surface area contributed by atoms with Crippen molar-refractivity contribution in [3.05, 3.63) is 51.3 Å². The van der Waals surface area contributed by atoms with Gasteiger partial charge in [0, 0.05) is 29.7 Å². The number of aromatic amines is 1. The molecule has 1 aliphatic heterocycles. The predicted molar refractivity (Wildman–Crippen MR) is 103 cm³/mol. The summed E-state index contributed by atoms with van der Waals surface area (Å²) < 4.78 is 0.759. The van der Waals surface area contributed by atoms with Gasteiger partial charge in [-0.05, 0) is 49.9 Å². The Labute approximate surface area is 165 Å². The van der Waals surface area contributed by atoms with E-state index in [2.05, 4.69) is 31.4 Å². The second kappa shape index (κ2) is 8.47. The lowest BCUT2D eigenvalue weighted by Gasteiger charge is -2.13. The molecule has 2 N–H and O–H groups in total. The summed E-state index contributed by atoms with van der Waals surface area (Å²) in [6.45, 7) is 2.80. The molecule has 1 aliphatic rings. The lowest BCUT2D eigenvalue weighted by molar-refractivity contribution is -0.121. The van der Waals surface area contributed by atoms with Crippen LogP contribution in [0.3, 0.4) is 0 Å². The first kappa shape index (κ1) is 19.3. The van der Waals surface area contributed by atoms with E-state index >= 15 is 0 Å². The summed E-state index contributed by atoms with van der Waals surface area (Å²) in [5, 5.41) is 9.73. The average Bonchev–Trinajstić information content (AvgIpc) is 3.15. The number of nitrogens with one attached hydrogen (secondary N) is 2. The maximum Gasteiger partial charge on any atom is 0.261 e. The molecular formula is C19H21BrN4O3. The molecule has 0 bridgehead atoms. The van der Waals surface area contributed by atoms with E-state index in [1.165, 1.54) is 4.90 Å². The summed E-state index contributed by atoms with van der Waals surface area (Å²) >= 11 is 3.31. The lowest BCUT2D eigenvalue weighted by Crippen LogP contribution is -2.32. The predicted octanol–water partition coefficient (Wildman–Crippen LogP) is 2.61. The summed E-state index contributed by atoms with van der Waals surface area (Å²) in [5.41, 5.74) is 3.03. The Balaban J connectivity index is 1.38. The van der Waals surface area contributed by atoms with E-state index in [4.69, 9.17) is 0 Å². The van der Waals surface area contributed by atoms with Crippen molar-refractivity contribution in [1.82, 2.24) is 20.4 Å². The number of aryl methyl sites for hydroxylation is 2. The quantitative estimate of drug-likeness (QED) is 0.494. The fraction of sp³-hybridized carbons (Fsp3) is 0.368. The van der Waals surface area contributed by atoms with Crippen molar-refractivity contribution in [3.63, 3.8) is 0 Å². The van der Waals surface area contributed by atoms with Crippen LogP contribution < -0.4 is 5.32 Å². The summed E-state index contributed by atoms with van der Waals surface area (Å²) in [7, 11) is 0. The Morgan fingerprint density at radius 3 is 2.74 bits per heavy atom. The van der Waals surface area contributed by atoms with E-state index in [1.807, 2.05) is 6.92 Å². The Morgan fingerprint density at radius 1 is 1.22 bits per heavy atom. The molecule has 3 amide bonds. The first-order valence-corrected chi connectivity index (χ1v) is 9.68. The lowest BCUT2D eigenvalue weighted by atomic mass is 10.1. The zero-order chi connectivity index (χ0) is 19.4. The molecule has 2 aromatic rings. The van der Waals surface area contributed by atoms with Crippen LogP contribution in [0.1, 0.15) is 51.2 Å². The molecule has 0 saturated carbocycles. The van der Waals surface area contributed by atoms with Gasteiger partial charge in [-0.1, -0.05) is 15.9 Å². The van der Waals surface area contributed by atoms with E-state index < -0.39 is 0 Å².